The van der Waals surface area contributed by atoms with Crippen molar-refractivity contribution < 1.29 is 21.2 Å². The molecule has 0 unspecified atom stereocenters. The largest absolute Gasteiger partial charge is 0.254 e. The standard InChI is InChI=1S/C21H22FN3O4S3/c1-15-3-8-19(16(2)13-15)31(26,27)24-9-11-25(12-10-24)32(28,29)20-14-23-21(30-20)17-4-6-18(22)7-5-17/h3-8,13-14H,9-12H2,1-2H3. The van der Waals surface area contributed by atoms with Gasteiger partial charge >= 0.3 is 0 Å². The van der Waals surface area contributed by atoms with E-state index in [2.05, 4.69) is 4.98 Å². The summed E-state index contributed by atoms with van der Waals surface area (Å²) in [7, 11) is -7.52. The minimum absolute atomic E-state index is 0.0518. The van der Waals surface area contributed by atoms with Crippen molar-refractivity contribution in [2.75, 3.05) is 26.2 Å². The van der Waals surface area contributed by atoms with Gasteiger partial charge < -0.3 is 0 Å². The van der Waals surface area contributed by atoms with Crippen LogP contribution >= 0.6 is 11.3 Å². The third kappa shape index (κ3) is 4.35. The summed E-state index contributed by atoms with van der Waals surface area (Å²) in [6.07, 6.45) is 1.29. The molecule has 1 fully saturated rings. The molecule has 1 aromatic heterocycles. The normalized spacial score (nSPS) is 16.3. The molecule has 0 amide bonds. The number of benzene rings is 2. The predicted molar refractivity (Wildman–Crippen MR) is 121 cm³/mol. The number of aryl methyl sites for hydroxylation is 2. The zero-order valence-electron chi connectivity index (χ0n) is 17.5. The van der Waals surface area contributed by atoms with Gasteiger partial charge in [-0.3, -0.25) is 0 Å². The Hall–Kier alpha value is -2.18. The zero-order chi connectivity index (χ0) is 23.1. The molecule has 0 saturated carbocycles. The molecule has 3 aromatic rings. The fraction of sp³-hybridized carbons (Fsp3) is 0.286. The Morgan fingerprint density at radius 3 is 2.06 bits per heavy atom. The molecule has 32 heavy (non-hydrogen) atoms. The second kappa shape index (κ2) is 8.64. The Bertz CT molecular complexity index is 1350. The number of nitrogens with zero attached hydrogens (tertiary/aromatic N) is 3. The number of hydrogen-bond donors (Lipinski definition) is 0. The third-order valence-corrected chi connectivity index (χ3v) is 10.8. The van der Waals surface area contributed by atoms with Crippen LogP contribution in [0.25, 0.3) is 10.6 Å². The van der Waals surface area contributed by atoms with Crippen LogP contribution in [0.3, 0.4) is 0 Å². The molecule has 4 rings (SSSR count). The van der Waals surface area contributed by atoms with E-state index in [-0.39, 0.29) is 41.1 Å². The number of sulfonamides is 2. The van der Waals surface area contributed by atoms with Crippen LogP contribution in [-0.4, -0.2) is 56.6 Å². The highest BCUT2D eigenvalue weighted by atomic mass is 32.2. The van der Waals surface area contributed by atoms with Crippen LogP contribution in [0.4, 0.5) is 4.39 Å². The van der Waals surface area contributed by atoms with Crippen molar-refractivity contribution >= 4 is 31.4 Å². The summed E-state index contributed by atoms with van der Waals surface area (Å²) in [6, 6.07) is 10.8. The van der Waals surface area contributed by atoms with Crippen molar-refractivity contribution in [2.24, 2.45) is 0 Å². The molecule has 0 spiro atoms. The van der Waals surface area contributed by atoms with E-state index in [0.29, 0.717) is 16.1 Å². The monoisotopic (exact) mass is 495 g/mol. The lowest BCUT2D eigenvalue weighted by molar-refractivity contribution is 0.273. The molecule has 170 valence electrons. The van der Waals surface area contributed by atoms with Crippen molar-refractivity contribution in [1.29, 1.82) is 0 Å². The van der Waals surface area contributed by atoms with Crippen LogP contribution in [-0.2, 0) is 20.0 Å². The van der Waals surface area contributed by atoms with Gasteiger partial charge in [-0.05, 0) is 49.7 Å². The molecular formula is C21H22FN3O4S3. The van der Waals surface area contributed by atoms with E-state index in [1.807, 2.05) is 13.0 Å². The van der Waals surface area contributed by atoms with E-state index < -0.39 is 20.0 Å². The molecule has 0 aliphatic carbocycles. The summed E-state index contributed by atoms with van der Waals surface area (Å²) >= 11 is 1.00. The molecule has 0 bridgehead atoms. The van der Waals surface area contributed by atoms with Gasteiger partial charge in [-0.15, -0.1) is 11.3 Å². The summed E-state index contributed by atoms with van der Waals surface area (Å²) < 4.78 is 68.1. The fourth-order valence-electron chi connectivity index (χ4n) is 3.61. The lowest BCUT2D eigenvalue weighted by atomic mass is 10.2. The molecular weight excluding hydrogens is 473 g/mol. The van der Waals surface area contributed by atoms with E-state index in [4.69, 9.17) is 0 Å². The quantitative estimate of drug-likeness (QED) is 0.542. The van der Waals surface area contributed by atoms with Crippen LogP contribution in [0.2, 0.25) is 0 Å². The summed E-state index contributed by atoms with van der Waals surface area (Å²) in [6.45, 7) is 3.89. The molecule has 0 atom stereocenters. The number of hydrogen-bond acceptors (Lipinski definition) is 6. The maximum atomic E-state index is 13.1. The minimum atomic E-state index is -3.81. The average Bonchev–Trinajstić information content (AvgIpc) is 3.25. The van der Waals surface area contributed by atoms with Gasteiger partial charge in [-0.25, -0.2) is 26.2 Å². The number of halogens is 1. The molecule has 1 aliphatic heterocycles. The number of aromatic nitrogens is 1. The zero-order valence-corrected chi connectivity index (χ0v) is 20.0. The summed E-state index contributed by atoms with van der Waals surface area (Å²) in [5.41, 5.74) is 2.27. The highest BCUT2D eigenvalue weighted by Gasteiger charge is 2.35. The number of rotatable bonds is 5. The van der Waals surface area contributed by atoms with Gasteiger partial charge in [-0.1, -0.05) is 17.7 Å². The predicted octanol–water partition coefficient (Wildman–Crippen LogP) is 3.26. The highest BCUT2D eigenvalue weighted by Crippen LogP contribution is 2.31. The van der Waals surface area contributed by atoms with Crippen LogP contribution in [0.1, 0.15) is 11.1 Å². The first-order chi connectivity index (χ1) is 15.1. The van der Waals surface area contributed by atoms with E-state index in [1.165, 1.54) is 26.9 Å². The van der Waals surface area contributed by atoms with Gasteiger partial charge in [0, 0.05) is 31.7 Å². The van der Waals surface area contributed by atoms with Gasteiger partial charge in [0.2, 0.25) is 10.0 Å². The Balaban J connectivity index is 1.49. The van der Waals surface area contributed by atoms with E-state index in [0.717, 1.165) is 16.9 Å². The summed E-state index contributed by atoms with van der Waals surface area (Å²) in [5, 5.41) is 0.472. The van der Waals surface area contributed by atoms with Crippen molar-refractivity contribution in [3.63, 3.8) is 0 Å². The molecule has 1 aliphatic rings. The Labute approximate surface area is 191 Å². The molecule has 2 heterocycles. The number of thiazole rings is 1. The van der Waals surface area contributed by atoms with Crippen molar-refractivity contribution in [2.45, 2.75) is 23.0 Å². The molecule has 2 aromatic carbocycles. The first-order valence-electron chi connectivity index (χ1n) is 9.88. The molecule has 0 radical (unpaired) electrons. The smallest absolute Gasteiger partial charge is 0.243 e. The van der Waals surface area contributed by atoms with E-state index >= 15 is 0 Å². The molecule has 11 heteroatoms. The first kappa shape index (κ1) is 23.0. The highest BCUT2D eigenvalue weighted by molar-refractivity contribution is 7.91. The minimum Gasteiger partial charge on any atom is -0.243 e. The second-order valence-electron chi connectivity index (χ2n) is 7.57. The Morgan fingerprint density at radius 2 is 1.47 bits per heavy atom. The van der Waals surface area contributed by atoms with Gasteiger partial charge in [-0.2, -0.15) is 8.61 Å². The van der Waals surface area contributed by atoms with Crippen LogP contribution < -0.4 is 0 Å². The van der Waals surface area contributed by atoms with Crippen molar-refractivity contribution in [3.05, 3.63) is 65.6 Å². The summed E-state index contributed by atoms with van der Waals surface area (Å²) in [5.74, 6) is -0.383. The SMILES string of the molecule is Cc1ccc(S(=O)(=O)N2CCN(S(=O)(=O)c3cnc(-c4ccc(F)cc4)s3)CC2)c(C)c1. The fourth-order valence-corrected chi connectivity index (χ4v) is 7.95. The van der Waals surface area contributed by atoms with Crippen LogP contribution in [0.15, 0.2) is 57.8 Å². The number of piperazine rings is 1. The van der Waals surface area contributed by atoms with Gasteiger partial charge in [0.15, 0.2) is 4.21 Å². The second-order valence-corrected chi connectivity index (χ2v) is 12.7. The van der Waals surface area contributed by atoms with Crippen molar-refractivity contribution in [3.8, 4) is 10.6 Å². The summed E-state index contributed by atoms with van der Waals surface area (Å²) in [4.78, 5) is 4.41. The van der Waals surface area contributed by atoms with Gasteiger partial charge in [0.05, 0.1) is 11.1 Å². The lowest BCUT2D eigenvalue weighted by Crippen LogP contribution is -2.50. The van der Waals surface area contributed by atoms with E-state index in [9.17, 15) is 21.2 Å². The Morgan fingerprint density at radius 1 is 0.875 bits per heavy atom. The molecule has 7 nitrogen and oxygen atoms in total. The Kier molecular flexibility index (Phi) is 6.21. The lowest BCUT2D eigenvalue weighted by Gasteiger charge is -2.33. The van der Waals surface area contributed by atoms with Crippen LogP contribution in [0.5, 0.6) is 0 Å². The molecule has 1 saturated heterocycles. The topological polar surface area (TPSA) is 87.7 Å². The van der Waals surface area contributed by atoms with Crippen molar-refractivity contribution in [1.82, 2.24) is 13.6 Å². The van der Waals surface area contributed by atoms with Crippen LogP contribution in [0, 0.1) is 19.7 Å². The average molecular weight is 496 g/mol. The maximum absolute atomic E-state index is 13.1. The molecule has 0 N–H and O–H groups in total. The first-order valence-corrected chi connectivity index (χ1v) is 13.6. The van der Waals surface area contributed by atoms with E-state index in [1.54, 1.807) is 31.2 Å². The van der Waals surface area contributed by atoms with Gasteiger partial charge in [0.25, 0.3) is 10.0 Å². The third-order valence-electron chi connectivity index (χ3n) is 5.32. The van der Waals surface area contributed by atoms with Gasteiger partial charge in [0.1, 0.15) is 10.8 Å². The maximum Gasteiger partial charge on any atom is 0.254 e.